The zero-order valence-electron chi connectivity index (χ0n) is 41.2. The number of hydrogen-bond acceptors (Lipinski definition) is 20. The van der Waals surface area contributed by atoms with Crippen LogP contribution >= 0.6 is 0 Å². The highest BCUT2D eigenvalue weighted by Crippen LogP contribution is 2.76. The van der Waals surface area contributed by atoms with E-state index >= 15 is 0 Å². The Morgan fingerprint density at radius 3 is 1.72 bits per heavy atom. The second kappa shape index (κ2) is 19.3. The summed E-state index contributed by atoms with van der Waals surface area (Å²) in [6.07, 6.45) is -21.7. The first kappa shape index (κ1) is 54.2. The van der Waals surface area contributed by atoms with Crippen LogP contribution in [0.15, 0.2) is 11.6 Å². The van der Waals surface area contributed by atoms with Crippen LogP contribution in [0.1, 0.15) is 93.4 Å². The number of ether oxygens (including phenoxy) is 7. The van der Waals surface area contributed by atoms with Crippen molar-refractivity contribution in [2.75, 3.05) is 33.5 Å². The Kier molecular flexibility index (Phi) is 15.1. The third kappa shape index (κ3) is 8.25. The van der Waals surface area contributed by atoms with Gasteiger partial charge < -0.3 is 99.5 Å². The molecule has 4 saturated carbocycles. The number of aliphatic hydroxyl groups is 13. The highest BCUT2D eigenvalue weighted by atomic mass is 16.8. The summed E-state index contributed by atoms with van der Waals surface area (Å²) in [5, 5.41) is 143. The normalized spacial score (nSPS) is 56.3. The number of methoxy groups -OCH3 is 1. The molecule has 69 heavy (non-hydrogen) atoms. The largest absolute Gasteiger partial charge is 0.396 e. The van der Waals surface area contributed by atoms with Gasteiger partial charge in [0.1, 0.15) is 67.1 Å². The van der Waals surface area contributed by atoms with Crippen molar-refractivity contribution in [3.8, 4) is 0 Å². The molecular formula is C49H82O20. The monoisotopic (exact) mass is 991 g/mol. The number of hydrogen-bond donors (Lipinski definition) is 13. The minimum absolute atomic E-state index is 0.155. The third-order valence-corrected chi connectivity index (χ3v) is 20.0. The first-order valence-corrected chi connectivity index (χ1v) is 25.0. The van der Waals surface area contributed by atoms with Crippen LogP contribution in [0.5, 0.6) is 0 Å². The van der Waals surface area contributed by atoms with Gasteiger partial charge in [0.2, 0.25) is 0 Å². The van der Waals surface area contributed by atoms with E-state index in [4.69, 9.17) is 33.2 Å². The summed E-state index contributed by atoms with van der Waals surface area (Å²) in [5.41, 5.74) is -2.63. The van der Waals surface area contributed by atoms with E-state index in [-0.39, 0.29) is 37.1 Å². The molecule has 27 unspecified atom stereocenters. The van der Waals surface area contributed by atoms with E-state index in [9.17, 15) is 66.4 Å². The van der Waals surface area contributed by atoms with Crippen molar-refractivity contribution in [1.82, 2.24) is 0 Å². The van der Waals surface area contributed by atoms with Crippen LogP contribution in [0.25, 0.3) is 0 Å². The summed E-state index contributed by atoms with van der Waals surface area (Å²) in [6.45, 7) is 12.2. The first-order chi connectivity index (χ1) is 32.3. The first-order valence-electron chi connectivity index (χ1n) is 25.0. The molecule has 20 nitrogen and oxygen atoms in total. The summed E-state index contributed by atoms with van der Waals surface area (Å²) < 4.78 is 43.4. The van der Waals surface area contributed by atoms with Crippen LogP contribution < -0.4 is 0 Å². The van der Waals surface area contributed by atoms with Gasteiger partial charge in [-0.05, 0) is 85.4 Å². The van der Waals surface area contributed by atoms with E-state index in [0.717, 1.165) is 5.57 Å². The lowest BCUT2D eigenvalue weighted by atomic mass is 9.32. The van der Waals surface area contributed by atoms with E-state index in [0.29, 0.717) is 44.9 Å². The Hall–Kier alpha value is -1.06. The van der Waals surface area contributed by atoms with Gasteiger partial charge in [-0.3, -0.25) is 0 Å². The lowest BCUT2D eigenvalue weighted by Gasteiger charge is -2.73. The van der Waals surface area contributed by atoms with Gasteiger partial charge in [0.05, 0.1) is 56.9 Å². The second-order valence-corrected chi connectivity index (χ2v) is 23.8. The number of fused-ring (bicyclic) bond motifs is 7. The van der Waals surface area contributed by atoms with E-state index in [1.54, 1.807) is 7.11 Å². The maximum atomic E-state index is 12.7. The molecule has 27 atom stereocenters. The van der Waals surface area contributed by atoms with Crippen LogP contribution in [0.3, 0.4) is 0 Å². The molecule has 5 aliphatic carbocycles. The average Bonchev–Trinajstić information content (AvgIpc) is 3.30. The fourth-order valence-corrected chi connectivity index (χ4v) is 15.6. The Balaban J connectivity index is 1.12. The van der Waals surface area contributed by atoms with Crippen LogP contribution in [0.4, 0.5) is 0 Å². The van der Waals surface area contributed by atoms with E-state index in [2.05, 4.69) is 34.6 Å². The number of allylic oxidation sites excluding steroid dienone is 1. The van der Waals surface area contributed by atoms with Gasteiger partial charge in [-0.25, -0.2) is 0 Å². The summed E-state index contributed by atoms with van der Waals surface area (Å²) in [5.74, 6) is -0.706. The summed E-state index contributed by atoms with van der Waals surface area (Å²) in [7, 11) is 1.67. The van der Waals surface area contributed by atoms with Gasteiger partial charge in [0.15, 0.2) is 18.9 Å². The van der Waals surface area contributed by atoms with E-state index in [1.165, 1.54) is 6.92 Å². The molecule has 0 aromatic rings. The molecule has 3 heterocycles. The van der Waals surface area contributed by atoms with Crippen LogP contribution in [-0.2, 0) is 33.2 Å². The van der Waals surface area contributed by atoms with Crippen molar-refractivity contribution >= 4 is 0 Å². The number of rotatable bonds is 11. The molecule has 3 saturated heterocycles. The van der Waals surface area contributed by atoms with Crippen molar-refractivity contribution in [3.05, 3.63) is 11.6 Å². The Labute approximate surface area is 404 Å². The molecule has 0 radical (unpaired) electrons. The highest BCUT2D eigenvalue weighted by molar-refractivity contribution is 5.37. The van der Waals surface area contributed by atoms with Crippen LogP contribution in [0.2, 0.25) is 0 Å². The Morgan fingerprint density at radius 2 is 1.19 bits per heavy atom. The molecule has 8 rings (SSSR count). The maximum Gasteiger partial charge on any atom is 0.187 e. The van der Waals surface area contributed by atoms with Crippen molar-refractivity contribution in [1.29, 1.82) is 0 Å². The van der Waals surface area contributed by atoms with Gasteiger partial charge in [0.25, 0.3) is 0 Å². The van der Waals surface area contributed by atoms with Crippen LogP contribution in [-0.4, -0.2) is 216 Å². The quantitative estimate of drug-likeness (QED) is 0.0801. The molecule has 7 fully saturated rings. The SMILES string of the molecule is COC1CC2(C)C(=CC(O)C3C4(C)CCC(OC5OC(C)C(O)C(OC6OC(CO)C(O)C(O)C6O)C5OC5OC(CO)C(O)C(O)C5O)C(C)(CO)C4CCC32C)C2CC(C)(C)C(O)CC12CO. The fraction of sp³-hybridized carbons (Fsp3) is 0.959. The lowest BCUT2D eigenvalue weighted by molar-refractivity contribution is -0.398. The predicted molar refractivity (Wildman–Crippen MR) is 239 cm³/mol. The molecule has 3 aliphatic heterocycles. The van der Waals surface area contributed by atoms with Gasteiger partial charge in [0, 0.05) is 23.9 Å². The zero-order chi connectivity index (χ0) is 50.7. The van der Waals surface area contributed by atoms with Crippen molar-refractivity contribution in [3.63, 3.8) is 0 Å². The van der Waals surface area contributed by atoms with Gasteiger partial charge in [-0.1, -0.05) is 53.2 Å². The molecular weight excluding hydrogens is 909 g/mol. The summed E-state index contributed by atoms with van der Waals surface area (Å²) in [4.78, 5) is 0. The standard InChI is InChI=1S/C49H82O20/c1-21-31(56)38(68-41-36(61)34(59)32(57)25(17-50)65-41)39(69-42-37(62)35(60)33(58)26(18-51)66-42)43(64-21)67-29-10-11-45(4)27(46(29,5)19-52)9-12-47(6)40(45)24(54)13-22-23-14-44(2,3)28(55)15-49(23,20-53)30(63-8)16-48(22,47)7/h13,21,23-43,50-62H,9-12,14-20H2,1-8H3. The third-order valence-electron chi connectivity index (χ3n) is 20.0. The summed E-state index contributed by atoms with van der Waals surface area (Å²) >= 11 is 0. The van der Waals surface area contributed by atoms with Crippen LogP contribution in [0, 0.1) is 50.2 Å². The van der Waals surface area contributed by atoms with Gasteiger partial charge in [-0.15, -0.1) is 0 Å². The molecule has 8 aliphatic rings. The molecule has 0 spiro atoms. The molecule has 13 N–H and O–H groups in total. The topological polar surface area (TPSA) is 328 Å². The van der Waals surface area contributed by atoms with Crippen molar-refractivity contribution in [2.24, 2.45) is 50.2 Å². The highest BCUT2D eigenvalue weighted by Gasteiger charge is 2.73. The van der Waals surface area contributed by atoms with E-state index in [1.807, 2.05) is 13.0 Å². The average molecular weight is 991 g/mol. The molecule has 0 amide bonds. The maximum absolute atomic E-state index is 12.7. The van der Waals surface area contributed by atoms with Crippen molar-refractivity contribution < 1.29 is 99.5 Å². The predicted octanol–water partition coefficient (Wildman–Crippen LogP) is -1.82. The molecule has 0 bridgehead atoms. The minimum atomic E-state index is -1.92. The van der Waals surface area contributed by atoms with Gasteiger partial charge >= 0.3 is 0 Å². The molecule has 20 heteroatoms. The number of aliphatic hydroxyl groups excluding tert-OH is 13. The van der Waals surface area contributed by atoms with E-state index < -0.39 is 156 Å². The Morgan fingerprint density at radius 1 is 0.609 bits per heavy atom. The zero-order valence-corrected chi connectivity index (χ0v) is 41.2. The molecule has 398 valence electrons. The second-order valence-electron chi connectivity index (χ2n) is 23.8. The van der Waals surface area contributed by atoms with Gasteiger partial charge in [-0.2, -0.15) is 0 Å². The minimum Gasteiger partial charge on any atom is -0.396 e. The molecule has 0 aromatic heterocycles. The lowest BCUT2D eigenvalue weighted by Crippen LogP contribution is -2.71. The van der Waals surface area contributed by atoms with Crippen molar-refractivity contribution in [2.45, 2.75) is 210 Å². The molecule has 0 aromatic carbocycles. The fourth-order valence-electron chi connectivity index (χ4n) is 15.6. The Bertz CT molecular complexity index is 1840. The summed E-state index contributed by atoms with van der Waals surface area (Å²) in [6, 6.07) is 0. The smallest absolute Gasteiger partial charge is 0.187 e.